The number of carbonyl (C=O) groups excluding carboxylic acids is 2. The Morgan fingerprint density at radius 2 is 2.03 bits per heavy atom. The summed E-state index contributed by atoms with van der Waals surface area (Å²) in [6.07, 6.45) is 1.28. The van der Waals surface area contributed by atoms with Crippen LogP contribution in [0.1, 0.15) is 24.2 Å². The van der Waals surface area contributed by atoms with Crippen LogP contribution in [0.5, 0.6) is 11.6 Å². The summed E-state index contributed by atoms with van der Waals surface area (Å²) in [6.45, 7) is 4.65. The van der Waals surface area contributed by atoms with Crippen LogP contribution in [0.25, 0.3) is 11.1 Å². The largest absolute Gasteiger partial charge is 0.497 e. The Balaban J connectivity index is 2.00. The monoisotopic (exact) mass is 484 g/mol. The van der Waals surface area contributed by atoms with E-state index in [-0.39, 0.29) is 42.4 Å². The van der Waals surface area contributed by atoms with E-state index in [4.69, 9.17) is 9.47 Å². The van der Waals surface area contributed by atoms with Gasteiger partial charge in [0.05, 0.1) is 32.8 Å². The van der Waals surface area contributed by atoms with E-state index in [2.05, 4.69) is 4.98 Å². The predicted octanol–water partition coefficient (Wildman–Crippen LogP) is 2.00. The van der Waals surface area contributed by atoms with Crippen molar-refractivity contribution < 1.29 is 24.2 Å². The molecule has 0 spiro atoms. The van der Waals surface area contributed by atoms with Crippen molar-refractivity contribution >= 4 is 11.8 Å². The van der Waals surface area contributed by atoms with Crippen LogP contribution in [0.4, 0.5) is 0 Å². The van der Waals surface area contributed by atoms with Crippen molar-refractivity contribution in [1.29, 1.82) is 0 Å². The fourth-order valence-electron chi connectivity index (χ4n) is 4.04. The van der Waals surface area contributed by atoms with Gasteiger partial charge in [0.2, 0.25) is 11.8 Å². The smallest absolute Gasteiger partial charge is 0.259 e. The van der Waals surface area contributed by atoms with Crippen molar-refractivity contribution in [2.24, 2.45) is 5.92 Å². The maximum atomic E-state index is 13.6. The molecule has 2 aromatic rings. The minimum atomic E-state index is -0.387. The molecule has 1 N–H and O–H groups in total. The van der Waals surface area contributed by atoms with Crippen molar-refractivity contribution in [2.75, 3.05) is 54.5 Å². The number of ether oxygens (including phenoxy) is 2. The molecule has 0 radical (unpaired) electrons. The van der Waals surface area contributed by atoms with Gasteiger partial charge in [0.15, 0.2) is 0 Å². The van der Waals surface area contributed by atoms with Crippen molar-refractivity contribution in [2.45, 2.75) is 26.0 Å². The second kappa shape index (κ2) is 11.5. The van der Waals surface area contributed by atoms with Crippen LogP contribution >= 0.6 is 0 Å². The van der Waals surface area contributed by atoms with Crippen molar-refractivity contribution in [1.82, 2.24) is 19.7 Å². The number of pyridine rings is 1. The molecule has 35 heavy (non-hydrogen) atoms. The molecule has 2 heterocycles. The maximum absolute atomic E-state index is 13.6. The van der Waals surface area contributed by atoms with E-state index in [1.807, 2.05) is 57.1 Å². The molecule has 0 saturated heterocycles. The van der Waals surface area contributed by atoms with Crippen LogP contribution < -0.4 is 9.47 Å². The number of hydrogen-bond acceptors (Lipinski definition) is 7. The zero-order chi connectivity index (χ0) is 25.7. The number of fused-ring (bicyclic) bond motifs is 1. The first-order chi connectivity index (χ1) is 16.6. The summed E-state index contributed by atoms with van der Waals surface area (Å²) in [5.74, 6) is 0.552. The SMILES string of the molecule is COc1cccc(-c2cnc3c(c2)C(=O)N([C@H](C)CO)C[C@@H](C)[C@@H](CN(C)C(=O)CN(C)C)O3)c1. The zero-order valence-electron chi connectivity index (χ0n) is 21.4. The minimum Gasteiger partial charge on any atom is -0.497 e. The van der Waals surface area contributed by atoms with Gasteiger partial charge in [-0.1, -0.05) is 19.1 Å². The van der Waals surface area contributed by atoms with E-state index in [9.17, 15) is 14.7 Å². The zero-order valence-corrected chi connectivity index (χ0v) is 21.4. The molecule has 1 aromatic carbocycles. The summed E-state index contributed by atoms with van der Waals surface area (Å²) in [5, 5.41) is 9.85. The molecule has 0 bridgehead atoms. The first kappa shape index (κ1) is 26.4. The highest BCUT2D eigenvalue weighted by atomic mass is 16.5. The number of benzene rings is 1. The normalized spacial score (nSPS) is 18.9. The lowest BCUT2D eigenvalue weighted by atomic mass is 9.99. The van der Waals surface area contributed by atoms with E-state index in [1.54, 1.807) is 36.2 Å². The number of likely N-dealkylation sites (N-methyl/N-ethyl adjacent to an activating group) is 2. The number of rotatable bonds is 8. The maximum Gasteiger partial charge on any atom is 0.259 e. The third-order valence-electron chi connectivity index (χ3n) is 6.26. The highest BCUT2D eigenvalue weighted by Gasteiger charge is 2.34. The number of aromatic nitrogens is 1. The van der Waals surface area contributed by atoms with Crippen molar-refractivity contribution in [3.05, 3.63) is 42.1 Å². The van der Waals surface area contributed by atoms with Gasteiger partial charge in [-0.3, -0.25) is 9.59 Å². The highest BCUT2D eigenvalue weighted by Crippen LogP contribution is 2.31. The highest BCUT2D eigenvalue weighted by molar-refractivity contribution is 5.98. The topological polar surface area (TPSA) is 95.4 Å². The minimum absolute atomic E-state index is 0.0222. The van der Waals surface area contributed by atoms with Gasteiger partial charge in [0, 0.05) is 31.3 Å². The van der Waals surface area contributed by atoms with Gasteiger partial charge in [0.1, 0.15) is 17.4 Å². The summed E-state index contributed by atoms with van der Waals surface area (Å²) in [7, 11) is 7.05. The van der Waals surface area contributed by atoms with E-state index in [0.717, 1.165) is 11.1 Å². The number of carbonyl (C=O) groups is 2. The Bertz CT molecular complexity index is 1040. The standard InChI is InChI=1S/C26H36N4O5/c1-17-13-30(18(2)16-31)26(33)22-11-20(19-8-7-9-21(10-19)34-6)12-27-25(22)35-23(17)14-29(5)24(32)15-28(3)4/h7-12,17-18,23,31H,13-16H2,1-6H3/t17-,18-,23-/m1/s1. The van der Waals surface area contributed by atoms with Crippen LogP contribution in [0, 0.1) is 5.92 Å². The van der Waals surface area contributed by atoms with Crippen molar-refractivity contribution in [3.8, 4) is 22.8 Å². The molecule has 1 aromatic heterocycles. The number of aliphatic hydroxyl groups is 1. The van der Waals surface area contributed by atoms with Gasteiger partial charge in [-0.25, -0.2) is 4.98 Å². The molecular formula is C26H36N4O5. The summed E-state index contributed by atoms with van der Waals surface area (Å²) in [4.78, 5) is 35.8. The second-order valence-corrected chi connectivity index (χ2v) is 9.44. The van der Waals surface area contributed by atoms with Gasteiger partial charge >= 0.3 is 0 Å². The molecule has 3 atom stereocenters. The Morgan fingerprint density at radius 1 is 1.29 bits per heavy atom. The predicted molar refractivity (Wildman–Crippen MR) is 134 cm³/mol. The molecular weight excluding hydrogens is 448 g/mol. The lowest BCUT2D eigenvalue weighted by Gasteiger charge is -2.37. The van der Waals surface area contributed by atoms with Crippen LogP contribution in [-0.2, 0) is 4.79 Å². The van der Waals surface area contributed by atoms with Crippen LogP contribution in [0.2, 0.25) is 0 Å². The molecule has 0 saturated carbocycles. The molecule has 0 unspecified atom stereocenters. The van der Waals surface area contributed by atoms with Crippen LogP contribution in [-0.4, -0.2) is 103 Å². The van der Waals surface area contributed by atoms with E-state index < -0.39 is 0 Å². The first-order valence-electron chi connectivity index (χ1n) is 11.8. The summed E-state index contributed by atoms with van der Waals surface area (Å²) < 4.78 is 11.6. The Hall–Kier alpha value is -3.17. The fourth-order valence-corrected chi connectivity index (χ4v) is 4.04. The molecule has 9 heteroatoms. The van der Waals surface area contributed by atoms with Gasteiger partial charge < -0.3 is 29.3 Å². The Morgan fingerprint density at radius 3 is 2.69 bits per heavy atom. The van der Waals surface area contributed by atoms with E-state index >= 15 is 0 Å². The average molecular weight is 485 g/mol. The third kappa shape index (κ3) is 6.29. The summed E-state index contributed by atoms with van der Waals surface area (Å²) in [6, 6.07) is 8.91. The van der Waals surface area contributed by atoms with Crippen LogP contribution in [0.3, 0.4) is 0 Å². The first-order valence-corrected chi connectivity index (χ1v) is 11.8. The van der Waals surface area contributed by atoms with E-state index in [1.165, 1.54) is 0 Å². The number of hydrogen-bond donors (Lipinski definition) is 1. The molecule has 0 fully saturated rings. The fraction of sp³-hybridized carbons (Fsp3) is 0.500. The molecule has 190 valence electrons. The Labute approximate surface area is 207 Å². The summed E-state index contributed by atoms with van der Waals surface area (Å²) in [5.41, 5.74) is 1.93. The quantitative estimate of drug-likeness (QED) is 0.612. The van der Waals surface area contributed by atoms with Crippen molar-refractivity contribution in [3.63, 3.8) is 0 Å². The molecule has 1 aliphatic heterocycles. The summed E-state index contributed by atoms with van der Waals surface area (Å²) >= 11 is 0. The molecule has 3 rings (SSSR count). The van der Waals surface area contributed by atoms with Crippen LogP contribution in [0.15, 0.2) is 36.5 Å². The lowest BCUT2D eigenvalue weighted by Crippen LogP contribution is -2.51. The Kier molecular flexibility index (Phi) is 8.69. The molecule has 2 amide bonds. The van der Waals surface area contributed by atoms with Gasteiger partial charge in [-0.05, 0) is 44.8 Å². The van der Waals surface area contributed by atoms with E-state index in [0.29, 0.717) is 30.9 Å². The second-order valence-electron chi connectivity index (χ2n) is 9.44. The third-order valence-corrected chi connectivity index (χ3v) is 6.26. The molecule has 9 nitrogen and oxygen atoms in total. The number of aliphatic hydroxyl groups excluding tert-OH is 1. The van der Waals surface area contributed by atoms with Gasteiger partial charge in [-0.2, -0.15) is 0 Å². The van der Waals surface area contributed by atoms with Gasteiger partial charge in [0.25, 0.3) is 5.91 Å². The lowest BCUT2D eigenvalue weighted by molar-refractivity contribution is -0.132. The van der Waals surface area contributed by atoms with Gasteiger partial charge in [-0.15, -0.1) is 0 Å². The molecule has 0 aliphatic carbocycles. The number of methoxy groups -OCH3 is 1. The molecule has 1 aliphatic rings. The average Bonchev–Trinajstić information content (AvgIpc) is 2.84. The number of nitrogens with zero attached hydrogens (tertiary/aromatic N) is 4. The number of amides is 2.